The van der Waals surface area contributed by atoms with E-state index in [0.29, 0.717) is 16.3 Å². The fraction of sp³-hybridized carbons (Fsp3) is 0.0714. The Morgan fingerprint density at radius 3 is 2.74 bits per heavy atom. The summed E-state index contributed by atoms with van der Waals surface area (Å²) >= 11 is 9.27. The summed E-state index contributed by atoms with van der Waals surface area (Å²) in [6, 6.07) is 12.9. The Hall–Kier alpha value is -1.70. The van der Waals surface area contributed by atoms with E-state index in [1.807, 2.05) is 18.2 Å². The molecule has 2 rings (SSSR count). The molecule has 0 spiro atoms. The minimum atomic E-state index is 0.492. The van der Waals surface area contributed by atoms with E-state index in [1.54, 1.807) is 25.3 Å². The van der Waals surface area contributed by atoms with Gasteiger partial charge in [0.15, 0.2) is 0 Å². The first-order chi connectivity index (χ1) is 9.12. The van der Waals surface area contributed by atoms with E-state index < -0.39 is 0 Å². The average molecular weight is 338 g/mol. The van der Waals surface area contributed by atoms with Crippen LogP contribution in [0.3, 0.4) is 0 Å². The van der Waals surface area contributed by atoms with Gasteiger partial charge in [0.1, 0.15) is 11.8 Å². The molecule has 0 aliphatic rings. The maximum Gasteiger partial charge on any atom is 0.122 e. The Bertz CT molecular complexity index is 652. The molecule has 5 heteroatoms. The van der Waals surface area contributed by atoms with Gasteiger partial charge in [-0.05, 0) is 30.3 Å². The van der Waals surface area contributed by atoms with Gasteiger partial charge >= 0.3 is 0 Å². The van der Waals surface area contributed by atoms with Gasteiger partial charge in [0, 0.05) is 21.2 Å². The monoisotopic (exact) mass is 336 g/mol. The van der Waals surface area contributed by atoms with Crippen molar-refractivity contribution < 1.29 is 4.74 Å². The molecule has 0 saturated heterocycles. The number of hydrogen-bond acceptors (Lipinski definition) is 3. The van der Waals surface area contributed by atoms with Crippen molar-refractivity contribution in [2.75, 3.05) is 12.4 Å². The zero-order valence-electron chi connectivity index (χ0n) is 10.1. The van der Waals surface area contributed by atoms with Gasteiger partial charge in [-0.2, -0.15) is 5.26 Å². The molecule has 96 valence electrons. The number of benzene rings is 2. The molecule has 3 nitrogen and oxygen atoms in total. The van der Waals surface area contributed by atoms with E-state index >= 15 is 0 Å². The Kier molecular flexibility index (Phi) is 4.31. The van der Waals surface area contributed by atoms with Crippen LogP contribution in [0.25, 0.3) is 0 Å². The van der Waals surface area contributed by atoms with Gasteiger partial charge in [-0.15, -0.1) is 0 Å². The molecule has 0 aliphatic heterocycles. The molecule has 0 fully saturated rings. The molecule has 19 heavy (non-hydrogen) atoms. The second-order valence-electron chi connectivity index (χ2n) is 3.81. The van der Waals surface area contributed by atoms with Crippen LogP contribution in [0.1, 0.15) is 5.56 Å². The van der Waals surface area contributed by atoms with Gasteiger partial charge in [0.25, 0.3) is 0 Å². The number of nitrogens with one attached hydrogen (secondary N) is 1. The fourth-order valence-corrected chi connectivity index (χ4v) is 2.27. The Labute approximate surface area is 124 Å². The first-order valence-electron chi connectivity index (χ1n) is 5.43. The van der Waals surface area contributed by atoms with Crippen LogP contribution in [-0.2, 0) is 0 Å². The standard InChI is InChI=1S/C14H10BrClN2O/c1-19-13-6-10(15)5-12(7-13)18-14-3-2-11(16)4-9(14)8-17/h2-7,18H,1H3. The topological polar surface area (TPSA) is 45.0 Å². The van der Waals surface area contributed by atoms with Crippen molar-refractivity contribution in [1.82, 2.24) is 0 Å². The maximum atomic E-state index is 9.09. The van der Waals surface area contributed by atoms with Gasteiger partial charge in [0.2, 0.25) is 0 Å². The predicted octanol–water partition coefficient (Wildman–Crippen LogP) is 4.73. The quantitative estimate of drug-likeness (QED) is 0.881. The Balaban J connectivity index is 2.36. The number of ether oxygens (including phenoxy) is 1. The van der Waals surface area contributed by atoms with Crippen LogP contribution >= 0.6 is 27.5 Å². The summed E-state index contributed by atoms with van der Waals surface area (Å²) in [4.78, 5) is 0. The molecule has 0 aliphatic carbocycles. The lowest BCUT2D eigenvalue weighted by molar-refractivity contribution is 0.415. The highest BCUT2D eigenvalue weighted by Crippen LogP contribution is 2.29. The second kappa shape index (κ2) is 5.96. The number of hydrogen-bond donors (Lipinski definition) is 1. The fourth-order valence-electron chi connectivity index (χ4n) is 1.63. The van der Waals surface area contributed by atoms with E-state index in [2.05, 4.69) is 27.3 Å². The molecule has 2 aromatic carbocycles. The van der Waals surface area contributed by atoms with Crippen molar-refractivity contribution in [2.45, 2.75) is 0 Å². The van der Waals surface area contributed by atoms with Crippen molar-refractivity contribution in [3.8, 4) is 11.8 Å². The van der Waals surface area contributed by atoms with Gasteiger partial charge in [0.05, 0.1) is 18.4 Å². The molecular weight excluding hydrogens is 328 g/mol. The van der Waals surface area contributed by atoms with Crippen molar-refractivity contribution >= 4 is 38.9 Å². The lowest BCUT2D eigenvalue weighted by Gasteiger charge is -2.10. The average Bonchev–Trinajstić information content (AvgIpc) is 2.40. The summed E-state index contributed by atoms with van der Waals surface area (Å²) in [6.07, 6.45) is 0. The summed E-state index contributed by atoms with van der Waals surface area (Å²) < 4.78 is 6.08. The Morgan fingerprint density at radius 1 is 1.26 bits per heavy atom. The van der Waals surface area contributed by atoms with Gasteiger partial charge in [-0.25, -0.2) is 0 Å². The minimum Gasteiger partial charge on any atom is -0.497 e. The van der Waals surface area contributed by atoms with Gasteiger partial charge in [-0.1, -0.05) is 27.5 Å². The number of halogens is 2. The zero-order chi connectivity index (χ0) is 13.8. The third-order valence-electron chi connectivity index (χ3n) is 2.49. The second-order valence-corrected chi connectivity index (χ2v) is 5.16. The summed E-state index contributed by atoms with van der Waals surface area (Å²) in [5.41, 5.74) is 2.02. The summed E-state index contributed by atoms with van der Waals surface area (Å²) in [6.45, 7) is 0. The summed E-state index contributed by atoms with van der Waals surface area (Å²) in [5, 5.41) is 12.8. The molecular formula is C14H10BrClN2O. The van der Waals surface area contributed by atoms with E-state index in [0.717, 1.165) is 15.9 Å². The number of nitriles is 1. The third kappa shape index (κ3) is 3.40. The normalized spacial score (nSPS) is 9.79. The first-order valence-corrected chi connectivity index (χ1v) is 6.60. The van der Waals surface area contributed by atoms with Crippen LogP contribution in [0, 0.1) is 11.3 Å². The number of anilines is 2. The number of nitrogens with zero attached hydrogens (tertiary/aromatic N) is 1. The molecule has 0 heterocycles. The van der Waals surface area contributed by atoms with Crippen LogP contribution in [0.2, 0.25) is 5.02 Å². The van der Waals surface area contributed by atoms with Crippen LogP contribution < -0.4 is 10.1 Å². The van der Waals surface area contributed by atoms with E-state index in [9.17, 15) is 0 Å². The Morgan fingerprint density at radius 2 is 2.05 bits per heavy atom. The largest absolute Gasteiger partial charge is 0.497 e. The highest BCUT2D eigenvalue weighted by Gasteiger charge is 2.05. The number of rotatable bonds is 3. The van der Waals surface area contributed by atoms with Crippen molar-refractivity contribution in [1.29, 1.82) is 5.26 Å². The zero-order valence-corrected chi connectivity index (χ0v) is 12.4. The molecule has 0 atom stereocenters. The van der Waals surface area contributed by atoms with Gasteiger partial charge in [-0.3, -0.25) is 0 Å². The lowest BCUT2D eigenvalue weighted by Crippen LogP contribution is -1.94. The molecule has 0 unspecified atom stereocenters. The predicted molar refractivity (Wildman–Crippen MR) is 80.1 cm³/mol. The van der Waals surface area contributed by atoms with Crippen LogP contribution in [0.15, 0.2) is 40.9 Å². The van der Waals surface area contributed by atoms with E-state index in [4.69, 9.17) is 21.6 Å². The molecule has 0 aromatic heterocycles. The lowest BCUT2D eigenvalue weighted by atomic mass is 10.2. The highest BCUT2D eigenvalue weighted by atomic mass is 79.9. The molecule has 0 saturated carbocycles. The van der Waals surface area contributed by atoms with Crippen LogP contribution in [-0.4, -0.2) is 7.11 Å². The molecule has 0 radical (unpaired) electrons. The molecule has 2 aromatic rings. The SMILES string of the molecule is COc1cc(Br)cc(Nc2ccc(Cl)cc2C#N)c1. The van der Waals surface area contributed by atoms with Gasteiger partial charge < -0.3 is 10.1 Å². The number of methoxy groups -OCH3 is 1. The first kappa shape index (κ1) is 13.7. The van der Waals surface area contributed by atoms with Crippen molar-refractivity contribution in [3.63, 3.8) is 0 Å². The van der Waals surface area contributed by atoms with Crippen molar-refractivity contribution in [2.24, 2.45) is 0 Å². The minimum absolute atomic E-state index is 0.492. The molecule has 0 amide bonds. The molecule has 0 bridgehead atoms. The summed E-state index contributed by atoms with van der Waals surface area (Å²) in [5.74, 6) is 0.726. The van der Waals surface area contributed by atoms with Crippen LogP contribution in [0.5, 0.6) is 5.75 Å². The van der Waals surface area contributed by atoms with Crippen molar-refractivity contribution in [3.05, 3.63) is 51.5 Å². The summed E-state index contributed by atoms with van der Waals surface area (Å²) in [7, 11) is 1.61. The molecule has 1 N–H and O–H groups in total. The maximum absolute atomic E-state index is 9.09. The van der Waals surface area contributed by atoms with E-state index in [-0.39, 0.29) is 0 Å². The highest BCUT2D eigenvalue weighted by molar-refractivity contribution is 9.10. The van der Waals surface area contributed by atoms with E-state index in [1.165, 1.54) is 0 Å². The smallest absolute Gasteiger partial charge is 0.122 e. The van der Waals surface area contributed by atoms with Crippen LogP contribution in [0.4, 0.5) is 11.4 Å². The third-order valence-corrected chi connectivity index (χ3v) is 3.18.